The predicted molar refractivity (Wildman–Crippen MR) is 75.5 cm³/mol. The number of nitrogens with two attached hydrogens (primary N) is 1. The van der Waals surface area contributed by atoms with E-state index in [1.165, 1.54) is 5.56 Å². The number of carbonyl (C=O) groups is 1. The van der Waals surface area contributed by atoms with Gasteiger partial charge in [0.2, 0.25) is 5.91 Å². The lowest BCUT2D eigenvalue weighted by atomic mass is 9.92. The first-order valence-corrected chi connectivity index (χ1v) is 6.60. The highest BCUT2D eigenvalue weighted by atomic mass is 16.2. The zero-order chi connectivity index (χ0) is 13.5. The standard InChI is InChI=1S/C15H24N2O/c1-4-12-7-9-13(10-8-12)14(6-5-11-16)15(18)17(2)3/h7-10,14H,4-6,11,16H2,1-3H3. The molecule has 1 unspecified atom stereocenters. The zero-order valence-corrected chi connectivity index (χ0v) is 11.6. The van der Waals surface area contributed by atoms with Crippen LogP contribution in [0.3, 0.4) is 0 Å². The van der Waals surface area contributed by atoms with Crippen LogP contribution < -0.4 is 5.73 Å². The van der Waals surface area contributed by atoms with Gasteiger partial charge in [-0.25, -0.2) is 0 Å². The van der Waals surface area contributed by atoms with Crippen molar-refractivity contribution in [3.05, 3.63) is 35.4 Å². The molecule has 0 saturated heterocycles. The van der Waals surface area contributed by atoms with Gasteiger partial charge >= 0.3 is 0 Å². The number of likely N-dealkylation sites (N-methyl/N-ethyl adjacent to an activating group) is 1. The molecule has 0 bridgehead atoms. The minimum absolute atomic E-state index is 0.0607. The van der Waals surface area contributed by atoms with Crippen LogP contribution in [0.15, 0.2) is 24.3 Å². The van der Waals surface area contributed by atoms with Crippen molar-refractivity contribution in [2.45, 2.75) is 32.1 Å². The van der Waals surface area contributed by atoms with Crippen molar-refractivity contribution >= 4 is 5.91 Å². The molecule has 0 aromatic heterocycles. The Balaban J connectivity index is 2.89. The molecule has 100 valence electrons. The quantitative estimate of drug-likeness (QED) is 0.838. The maximum atomic E-state index is 12.2. The second-order valence-electron chi connectivity index (χ2n) is 4.81. The smallest absolute Gasteiger partial charge is 0.229 e. The lowest BCUT2D eigenvalue weighted by Gasteiger charge is -2.21. The second-order valence-corrected chi connectivity index (χ2v) is 4.81. The fourth-order valence-electron chi connectivity index (χ4n) is 2.05. The Morgan fingerprint density at radius 1 is 1.28 bits per heavy atom. The molecule has 18 heavy (non-hydrogen) atoms. The van der Waals surface area contributed by atoms with E-state index in [0.717, 1.165) is 24.8 Å². The van der Waals surface area contributed by atoms with Gasteiger partial charge in [-0.1, -0.05) is 31.2 Å². The SMILES string of the molecule is CCc1ccc(C(CCCN)C(=O)N(C)C)cc1. The molecule has 0 aliphatic heterocycles. The van der Waals surface area contributed by atoms with Crippen LogP contribution in [-0.2, 0) is 11.2 Å². The molecular weight excluding hydrogens is 224 g/mol. The summed E-state index contributed by atoms with van der Waals surface area (Å²) in [6.07, 6.45) is 2.72. The number of rotatable bonds is 6. The summed E-state index contributed by atoms with van der Waals surface area (Å²) in [7, 11) is 3.61. The molecule has 0 fully saturated rings. The van der Waals surface area contributed by atoms with Crippen LogP contribution in [0.1, 0.15) is 36.8 Å². The largest absolute Gasteiger partial charge is 0.348 e. The Morgan fingerprint density at radius 3 is 2.33 bits per heavy atom. The van der Waals surface area contributed by atoms with Gasteiger partial charge in [0.25, 0.3) is 0 Å². The van der Waals surface area contributed by atoms with Crippen molar-refractivity contribution in [3.8, 4) is 0 Å². The highest BCUT2D eigenvalue weighted by molar-refractivity contribution is 5.83. The minimum atomic E-state index is -0.0607. The van der Waals surface area contributed by atoms with Crippen LogP contribution in [0.5, 0.6) is 0 Å². The third-order valence-electron chi connectivity index (χ3n) is 3.23. The fourth-order valence-corrected chi connectivity index (χ4v) is 2.05. The fraction of sp³-hybridized carbons (Fsp3) is 0.533. The first kappa shape index (κ1) is 14.7. The highest BCUT2D eigenvalue weighted by Crippen LogP contribution is 2.23. The Labute approximate surface area is 110 Å². The van der Waals surface area contributed by atoms with Crippen LogP contribution >= 0.6 is 0 Å². The van der Waals surface area contributed by atoms with Gasteiger partial charge in [0.15, 0.2) is 0 Å². The van der Waals surface area contributed by atoms with Gasteiger partial charge in [-0.2, -0.15) is 0 Å². The van der Waals surface area contributed by atoms with Gasteiger partial charge in [0, 0.05) is 14.1 Å². The summed E-state index contributed by atoms with van der Waals surface area (Å²) in [5, 5.41) is 0. The summed E-state index contributed by atoms with van der Waals surface area (Å²) in [5.74, 6) is 0.0992. The number of nitrogens with zero attached hydrogens (tertiary/aromatic N) is 1. The van der Waals surface area contributed by atoms with Gasteiger partial charge in [-0.3, -0.25) is 4.79 Å². The average Bonchev–Trinajstić information content (AvgIpc) is 2.39. The van der Waals surface area contributed by atoms with Crippen molar-refractivity contribution in [2.75, 3.05) is 20.6 Å². The van der Waals surface area contributed by atoms with E-state index in [-0.39, 0.29) is 11.8 Å². The normalized spacial score (nSPS) is 12.2. The molecule has 1 amide bonds. The molecule has 3 nitrogen and oxygen atoms in total. The van der Waals surface area contributed by atoms with Gasteiger partial charge < -0.3 is 10.6 Å². The molecule has 0 spiro atoms. The topological polar surface area (TPSA) is 46.3 Å². The van der Waals surface area contributed by atoms with E-state index in [1.807, 2.05) is 0 Å². The number of hydrogen-bond donors (Lipinski definition) is 1. The van der Waals surface area contributed by atoms with Crippen LogP contribution in [0.25, 0.3) is 0 Å². The zero-order valence-electron chi connectivity index (χ0n) is 11.6. The molecular formula is C15H24N2O. The lowest BCUT2D eigenvalue weighted by molar-refractivity contribution is -0.130. The van der Waals surface area contributed by atoms with Gasteiger partial charge in [-0.15, -0.1) is 0 Å². The number of benzene rings is 1. The molecule has 0 aliphatic carbocycles. The molecule has 1 atom stereocenters. The van der Waals surface area contributed by atoms with Gasteiger partial charge in [-0.05, 0) is 36.9 Å². The maximum Gasteiger partial charge on any atom is 0.229 e. The van der Waals surface area contributed by atoms with E-state index < -0.39 is 0 Å². The molecule has 0 saturated carbocycles. The molecule has 1 aromatic rings. The monoisotopic (exact) mass is 248 g/mol. The van der Waals surface area contributed by atoms with Crippen molar-refractivity contribution in [1.82, 2.24) is 4.90 Å². The average molecular weight is 248 g/mol. The van der Waals surface area contributed by atoms with Crippen LogP contribution in [0.4, 0.5) is 0 Å². The molecule has 1 aromatic carbocycles. The number of aryl methyl sites for hydroxylation is 1. The predicted octanol–water partition coefficient (Wildman–Crippen LogP) is 2.16. The first-order valence-electron chi connectivity index (χ1n) is 6.60. The Bertz CT molecular complexity index is 371. The lowest BCUT2D eigenvalue weighted by Crippen LogP contribution is -2.28. The van der Waals surface area contributed by atoms with Gasteiger partial charge in [0.1, 0.15) is 0 Å². The summed E-state index contributed by atoms with van der Waals surface area (Å²) in [6.45, 7) is 2.76. The highest BCUT2D eigenvalue weighted by Gasteiger charge is 2.21. The summed E-state index contributed by atoms with van der Waals surface area (Å²) >= 11 is 0. The third kappa shape index (κ3) is 3.84. The van der Waals surface area contributed by atoms with Crippen LogP contribution in [0.2, 0.25) is 0 Å². The Hall–Kier alpha value is -1.35. The van der Waals surface area contributed by atoms with E-state index in [9.17, 15) is 4.79 Å². The molecule has 0 heterocycles. The van der Waals surface area contributed by atoms with E-state index >= 15 is 0 Å². The van der Waals surface area contributed by atoms with E-state index in [1.54, 1.807) is 19.0 Å². The summed E-state index contributed by atoms with van der Waals surface area (Å²) in [4.78, 5) is 13.9. The van der Waals surface area contributed by atoms with Crippen molar-refractivity contribution in [1.29, 1.82) is 0 Å². The van der Waals surface area contributed by atoms with Crippen molar-refractivity contribution in [3.63, 3.8) is 0 Å². The summed E-state index contributed by atoms with van der Waals surface area (Å²) in [5.41, 5.74) is 7.95. The molecule has 2 N–H and O–H groups in total. The van der Waals surface area contributed by atoms with E-state index in [0.29, 0.717) is 6.54 Å². The molecule has 3 heteroatoms. The van der Waals surface area contributed by atoms with Crippen LogP contribution in [-0.4, -0.2) is 31.4 Å². The maximum absolute atomic E-state index is 12.2. The van der Waals surface area contributed by atoms with E-state index in [2.05, 4.69) is 31.2 Å². The van der Waals surface area contributed by atoms with Crippen molar-refractivity contribution < 1.29 is 4.79 Å². The summed E-state index contributed by atoms with van der Waals surface area (Å²) < 4.78 is 0. The molecule has 0 radical (unpaired) electrons. The third-order valence-corrected chi connectivity index (χ3v) is 3.23. The Morgan fingerprint density at radius 2 is 1.89 bits per heavy atom. The number of amides is 1. The minimum Gasteiger partial charge on any atom is -0.348 e. The van der Waals surface area contributed by atoms with E-state index in [4.69, 9.17) is 5.73 Å². The molecule has 0 aliphatic rings. The Kier molecular flexibility index (Phi) is 5.86. The number of carbonyl (C=O) groups excluding carboxylic acids is 1. The number of hydrogen-bond acceptors (Lipinski definition) is 2. The first-order chi connectivity index (χ1) is 8.60. The van der Waals surface area contributed by atoms with Gasteiger partial charge in [0.05, 0.1) is 5.92 Å². The summed E-state index contributed by atoms with van der Waals surface area (Å²) in [6, 6.07) is 8.35. The second kappa shape index (κ2) is 7.17. The molecule has 1 rings (SSSR count). The van der Waals surface area contributed by atoms with Crippen LogP contribution in [0, 0.1) is 0 Å². The van der Waals surface area contributed by atoms with Crippen molar-refractivity contribution in [2.24, 2.45) is 5.73 Å².